The lowest BCUT2D eigenvalue weighted by Crippen LogP contribution is -2.32. The molecular weight excluding hydrogens is 430 g/mol. The van der Waals surface area contributed by atoms with E-state index in [0.29, 0.717) is 46.3 Å². The van der Waals surface area contributed by atoms with Gasteiger partial charge in [-0.2, -0.15) is 9.97 Å². The fourth-order valence-corrected chi connectivity index (χ4v) is 4.16. The molecule has 4 aromatic rings. The minimum Gasteiger partial charge on any atom is -0.368 e. The third-order valence-electron chi connectivity index (χ3n) is 5.55. The Kier molecular flexibility index (Phi) is 5.14. The second-order valence-electron chi connectivity index (χ2n) is 7.82. The maximum Gasteiger partial charge on any atom is 0.224 e. The van der Waals surface area contributed by atoms with E-state index >= 15 is 0 Å². The number of imidazole rings is 1. The quantitative estimate of drug-likeness (QED) is 0.300. The van der Waals surface area contributed by atoms with Crippen LogP contribution in [0, 0.1) is 0 Å². The zero-order valence-electron chi connectivity index (χ0n) is 17.3. The minimum atomic E-state index is -0.188. The summed E-state index contributed by atoms with van der Waals surface area (Å²) in [4.78, 5) is 32.1. The Morgan fingerprint density at radius 1 is 1.28 bits per heavy atom. The fraction of sp³-hybridized carbons (Fsp3) is 0.286. The summed E-state index contributed by atoms with van der Waals surface area (Å²) in [5, 5.41) is 11.3. The Bertz CT molecular complexity index is 1320. The van der Waals surface area contributed by atoms with Crippen molar-refractivity contribution in [2.75, 3.05) is 22.9 Å². The number of hydrogen-bond acceptors (Lipinski definition) is 8. The molecule has 0 spiro atoms. The molecule has 5 rings (SSSR count). The van der Waals surface area contributed by atoms with E-state index in [-0.39, 0.29) is 23.9 Å². The highest BCUT2D eigenvalue weighted by molar-refractivity contribution is 6.35. The Morgan fingerprint density at radius 3 is 2.97 bits per heavy atom. The van der Waals surface area contributed by atoms with Crippen molar-refractivity contribution in [1.82, 2.24) is 30.2 Å². The first kappa shape index (κ1) is 20.3. The van der Waals surface area contributed by atoms with Crippen molar-refractivity contribution in [3.05, 3.63) is 41.2 Å². The van der Waals surface area contributed by atoms with Crippen LogP contribution in [0.2, 0.25) is 5.02 Å². The molecule has 1 aliphatic rings. The summed E-state index contributed by atoms with van der Waals surface area (Å²) in [5.41, 5.74) is 8.66. The first-order valence-corrected chi connectivity index (χ1v) is 10.7. The monoisotopic (exact) mass is 451 g/mol. The predicted octanol–water partition coefficient (Wildman–Crippen LogP) is 3.00. The number of hydrogen-bond donors (Lipinski definition) is 5. The van der Waals surface area contributed by atoms with Crippen molar-refractivity contribution in [1.29, 1.82) is 0 Å². The summed E-state index contributed by atoms with van der Waals surface area (Å²) in [6, 6.07) is 7.62. The van der Waals surface area contributed by atoms with Gasteiger partial charge in [0, 0.05) is 30.0 Å². The third-order valence-corrected chi connectivity index (χ3v) is 5.85. The molecule has 10 nitrogen and oxygen atoms in total. The van der Waals surface area contributed by atoms with Crippen molar-refractivity contribution in [2.45, 2.75) is 31.8 Å². The number of para-hydroxylation sites is 1. The molecule has 0 saturated carbocycles. The van der Waals surface area contributed by atoms with Crippen LogP contribution in [0.3, 0.4) is 0 Å². The number of amides is 1. The summed E-state index contributed by atoms with van der Waals surface area (Å²) in [6.07, 6.45) is 2.89. The van der Waals surface area contributed by atoms with E-state index < -0.39 is 0 Å². The minimum absolute atomic E-state index is 0.0636. The molecule has 164 valence electrons. The molecule has 0 radical (unpaired) electrons. The Hall–Kier alpha value is -3.66. The van der Waals surface area contributed by atoms with Crippen LogP contribution in [0.1, 0.15) is 31.4 Å². The number of benzene rings is 1. The summed E-state index contributed by atoms with van der Waals surface area (Å²) >= 11 is 6.40. The lowest BCUT2D eigenvalue weighted by atomic mass is 10.1. The molecule has 4 heterocycles. The van der Waals surface area contributed by atoms with Crippen LogP contribution >= 0.6 is 11.6 Å². The average molecular weight is 452 g/mol. The molecule has 1 unspecified atom stereocenters. The van der Waals surface area contributed by atoms with Crippen molar-refractivity contribution in [3.8, 4) is 0 Å². The molecule has 0 aliphatic carbocycles. The number of halogens is 1. The van der Waals surface area contributed by atoms with Crippen LogP contribution in [0.15, 0.2) is 30.6 Å². The van der Waals surface area contributed by atoms with Crippen LogP contribution in [0.5, 0.6) is 0 Å². The molecule has 6 N–H and O–H groups in total. The number of nitrogen functional groups attached to an aromatic ring is 1. The number of aromatic nitrogens is 5. The highest BCUT2D eigenvalue weighted by Crippen LogP contribution is 2.32. The first-order chi connectivity index (χ1) is 15.5. The zero-order valence-corrected chi connectivity index (χ0v) is 18.1. The van der Waals surface area contributed by atoms with Crippen LogP contribution < -0.4 is 21.7 Å². The molecule has 1 aliphatic heterocycles. The van der Waals surface area contributed by atoms with Gasteiger partial charge in [-0.25, -0.2) is 9.97 Å². The highest BCUT2D eigenvalue weighted by Gasteiger charge is 2.22. The second kappa shape index (κ2) is 8.12. The largest absolute Gasteiger partial charge is 0.368 e. The van der Waals surface area contributed by atoms with Gasteiger partial charge in [0.25, 0.3) is 0 Å². The molecule has 1 aromatic carbocycles. The van der Waals surface area contributed by atoms with Gasteiger partial charge in [0.2, 0.25) is 11.9 Å². The topological polar surface area (TPSA) is 147 Å². The molecular formula is C21H22ClN9O. The normalized spacial score (nSPS) is 16.9. The molecule has 0 bridgehead atoms. The molecule has 32 heavy (non-hydrogen) atoms. The Balaban J connectivity index is 1.50. The van der Waals surface area contributed by atoms with E-state index in [1.54, 1.807) is 6.33 Å². The van der Waals surface area contributed by atoms with E-state index in [2.05, 4.69) is 42.0 Å². The van der Waals surface area contributed by atoms with Gasteiger partial charge in [0.05, 0.1) is 22.9 Å². The number of H-pyrrole nitrogens is 1. The van der Waals surface area contributed by atoms with Gasteiger partial charge in [-0.05, 0) is 25.5 Å². The van der Waals surface area contributed by atoms with E-state index in [9.17, 15) is 4.79 Å². The Labute approximate surface area is 188 Å². The number of carbonyl (C=O) groups is 1. The summed E-state index contributed by atoms with van der Waals surface area (Å²) in [7, 11) is 0. The number of carbonyl (C=O) groups excluding carboxylic acids is 1. The van der Waals surface area contributed by atoms with Gasteiger partial charge in [-0.3, -0.25) is 4.79 Å². The van der Waals surface area contributed by atoms with E-state index in [1.807, 2.05) is 25.1 Å². The van der Waals surface area contributed by atoms with Gasteiger partial charge in [-0.1, -0.05) is 23.7 Å². The fourth-order valence-electron chi connectivity index (χ4n) is 3.94. The summed E-state index contributed by atoms with van der Waals surface area (Å²) < 4.78 is 0. The van der Waals surface area contributed by atoms with Gasteiger partial charge in [0.1, 0.15) is 11.3 Å². The number of nitrogens with two attached hydrogens (primary N) is 1. The van der Waals surface area contributed by atoms with Gasteiger partial charge in [-0.15, -0.1) is 0 Å². The zero-order chi connectivity index (χ0) is 22.2. The maximum atomic E-state index is 11.6. The molecule has 11 heteroatoms. The average Bonchev–Trinajstić information content (AvgIpc) is 3.40. The SMILES string of the molecule is C[C@H](Nc1nc(N)nc2nc[nH]c12)c1cc2cccc(Cl)c2nc1NCC1CCC(=O)N1. The molecule has 2 atom stereocenters. The number of aromatic amines is 1. The molecule has 1 amide bonds. The van der Waals surface area contributed by atoms with E-state index in [1.165, 1.54) is 0 Å². The van der Waals surface area contributed by atoms with Crippen LogP contribution in [-0.2, 0) is 4.79 Å². The standard InChI is InChI=1S/C21H22ClN9O/c1-10(27-20-17-19(26-9-25-17)30-21(23)31-20)13-7-11-3-2-4-14(22)16(11)29-18(13)24-8-12-5-6-15(32)28-12/h2-4,7,9-10,12H,5-6,8H2,1H3,(H,24,29)(H,28,32)(H4,23,25,26,27,30,31)/t10-,12?/m0/s1. The van der Waals surface area contributed by atoms with Crippen molar-refractivity contribution < 1.29 is 4.79 Å². The lowest BCUT2D eigenvalue weighted by Gasteiger charge is -2.21. The Morgan fingerprint density at radius 2 is 2.16 bits per heavy atom. The van der Waals surface area contributed by atoms with Gasteiger partial charge >= 0.3 is 0 Å². The number of pyridine rings is 1. The number of rotatable bonds is 6. The molecule has 3 aromatic heterocycles. The summed E-state index contributed by atoms with van der Waals surface area (Å²) in [5.74, 6) is 1.46. The van der Waals surface area contributed by atoms with Gasteiger partial charge in [0.15, 0.2) is 11.5 Å². The van der Waals surface area contributed by atoms with Crippen LogP contribution in [-0.4, -0.2) is 43.4 Å². The predicted molar refractivity (Wildman–Crippen MR) is 125 cm³/mol. The summed E-state index contributed by atoms with van der Waals surface area (Å²) in [6.45, 7) is 2.58. The number of nitrogens with zero attached hydrogens (tertiary/aromatic N) is 4. The highest BCUT2D eigenvalue weighted by atomic mass is 35.5. The molecule has 1 saturated heterocycles. The van der Waals surface area contributed by atoms with E-state index in [0.717, 1.165) is 17.4 Å². The van der Waals surface area contributed by atoms with Crippen LogP contribution in [0.4, 0.5) is 17.6 Å². The third kappa shape index (κ3) is 3.84. The van der Waals surface area contributed by atoms with Crippen molar-refractivity contribution >= 4 is 57.2 Å². The molecule has 1 fully saturated rings. The maximum absolute atomic E-state index is 11.6. The van der Waals surface area contributed by atoms with Gasteiger partial charge < -0.3 is 26.7 Å². The first-order valence-electron chi connectivity index (χ1n) is 10.3. The number of fused-ring (bicyclic) bond motifs is 2. The smallest absolute Gasteiger partial charge is 0.224 e. The van der Waals surface area contributed by atoms with E-state index in [4.69, 9.17) is 22.3 Å². The van der Waals surface area contributed by atoms with Crippen molar-refractivity contribution in [3.63, 3.8) is 0 Å². The van der Waals surface area contributed by atoms with Crippen molar-refractivity contribution in [2.24, 2.45) is 0 Å². The lowest BCUT2D eigenvalue weighted by molar-refractivity contribution is -0.119. The number of nitrogens with one attached hydrogen (secondary N) is 4. The second-order valence-corrected chi connectivity index (χ2v) is 8.23. The number of anilines is 3. The van der Waals surface area contributed by atoms with Crippen LogP contribution in [0.25, 0.3) is 22.1 Å².